The number of amides is 1. The highest BCUT2D eigenvalue weighted by Crippen LogP contribution is 2.39. The molecule has 1 amide bonds. The predicted octanol–water partition coefficient (Wildman–Crippen LogP) is 4.43. The lowest BCUT2D eigenvalue weighted by Gasteiger charge is -2.20. The van der Waals surface area contributed by atoms with Crippen LogP contribution in [0.2, 0.25) is 0 Å². The van der Waals surface area contributed by atoms with Gasteiger partial charge in [0.2, 0.25) is 5.91 Å². The molecular weight excluding hydrogens is 342 g/mol. The number of carbonyl (C=O) groups is 1. The lowest BCUT2D eigenvalue weighted by molar-refractivity contribution is -0.118. The van der Waals surface area contributed by atoms with Crippen LogP contribution in [0.1, 0.15) is 49.8 Å². The molecule has 0 aliphatic heterocycles. The molecule has 0 saturated heterocycles. The second-order valence-corrected chi connectivity index (χ2v) is 7.16. The van der Waals surface area contributed by atoms with Crippen molar-refractivity contribution in [2.75, 3.05) is 5.32 Å². The van der Waals surface area contributed by atoms with E-state index in [0.29, 0.717) is 11.7 Å². The lowest BCUT2D eigenvalue weighted by Crippen LogP contribution is -2.25. The molecule has 1 aliphatic rings. The van der Waals surface area contributed by atoms with E-state index in [9.17, 15) is 4.79 Å². The van der Waals surface area contributed by atoms with Gasteiger partial charge in [-0.25, -0.2) is 0 Å². The highest BCUT2D eigenvalue weighted by Gasteiger charge is 2.27. The minimum atomic E-state index is -0.196. The number of halogens is 1. The van der Waals surface area contributed by atoms with Crippen LogP contribution in [-0.4, -0.2) is 16.1 Å². The maximum Gasteiger partial charge on any atom is 0.233 e. The maximum absolute atomic E-state index is 12.7. The van der Waals surface area contributed by atoms with Gasteiger partial charge in [-0.3, -0.25) is 9.89 Å². The normalized spacial score (nSPS) is 15.8. The summed E-state index contributed by atoms with van der Waals surface area (Å²) in [5, 5.41) is 10.2. The summed E-state index contributed by atoms with van der Waals surface area (Å²) in [7, 11) is 0. The zero-order valence-electron chi connectivity index (χ0n) is 12.8. The van der Waals surface area contributed by atoms with Crippen molar-refractivity contribution >= 4 is 27.7 Å². The number of aromatic amines is 1. The molecule has 0 spiro atoms. The fourth-order valence-electron chi connectivity index (χ4n) is 2.75. The Morgan fingerprint density at radius 3 is 2.77 bits per heavy atom. The van der Waals surface area contributed by atoms with Gasteiger partial charge in [-0.05, 0) is 36.5 Å². The second-order valence-electron chi connectivity index (χ2n) is 6.25. The molecule has 2 aromatic rings. The van der Waals surface area contributed by atoms with Crippen molar-refractivity contribution in [2.24, 2.45) is 5.92 Å². The molecule has 116 valence electrons. The summed E-state index contributed by atoms with van der Waals surface area (Å²) < 4.78 is 0.985. The third-order valence-corrected chi connectivity index (χ3v) is 4.52. The number of nitrogens with zero attached hydrogens (tertiary/aromatic N) is 1. The molecule has 1 aliphatic carbocycles. The quantitative estimate of drug-likeness (QED) is 0.827. The van der Waals surface area contributed by atoms with Crippen molar-refractivity contribution in [2.45, 2.75) is 38.5 Å². The summed E-state index contributed by atoms with van der Waals surface area (Å²) in [6.45, 7) is 4.12. The molecule has 5 heteroatoms. The van der Waals surface area contributed by atoms with Gasteiger partial charge in [-0.2, -0.15) is 5.10 Å². The number of nitrogens with one attached hydrogen (secondary N) is 2. The molecule has 1 atom stereocenters. The number of aromatic nitrogens is 2. The number of H-pyrrole nitrogens is 1. The van der Waals surface area contributed by atoms with E-state index in [2.05, 4.69) is 45.3 Å². The van der Waals surface area contributed by atoms with E-state index in [1.807, 2.05) is 30.3 Å². The van der Waals surface area contributed by atoms with Crippen molar-refractivity contribution in [3.8, 4) is 0 Å². The molecule has 1 fully saturated rings. The van der Waals surface area contributed by atoms with Gasteiger partial charge in [0.05, 0.1) is 5.92 Å². The molecule has 1 aromatic carbocycles. The molecule has 0 unspecified atom stereocenters. The van der Waals surface area contributed by atoms with Gasteiger partial charge in [0.15, 0.2) is 5.82 Å². The van der Waals surface area contributed by atoms with E-state index in [-0.39, 0.29) is 17.7 Å². The third kappa shape index (κ3) is 3.40. The van der Waals surface area contributed by atoms with Crippen molar-refractivity contribution in [1.82, 2.24) is 10.2 Å². The van der Waals surface area contributed by atoms with Crippen molar-refractivity contribution in [3.63, 3.8) is 0 Å². The molecular formula is C17H20BrN3O. The molecule has 1 aromatic heterocycles. The molecule has 0 bridgehead atoms. The standard InChI is InChI=1S/C17H20BrN3O/c1-10(2)16(12-4-3-5-13(18)8-12)17(22)19-15-9-14(20-21-15)11-6-7-11/h3-5,8-11,16H,6-7H2,1-2H3,(H2,19,20,21,22)/t16-/m0/s1. The van der Waals surface area contributed by atoms with Crippen molar-refractivity contribution < 1.29 is 4.79 Å². The Bertz CT molecular complexity index is 676. The minimum absolute atomic E-state index is 0.0121. The fraction of sp³-hybridized carbons (Fsp3) is 0.412. The molecule has 2 N–H and O–H groups in total. The number of anilines is 1. The molecule has 0 radical (unpaired) electrons. The Labute approximate surface area is 138 Å². The summed E-state index contributed by atoms with van der Waals surface area (Å²) in [4.78, 5) is 12.7. The van der Waals surface area contributed by atoms with E-state index >= 15 is 0 Å². The average Bonchev–Trinajstić information content (AvgIpc) is 3.19. The monoisotopic (exact) mass is 361 g/mol. The van der Waals surface area contributed by atoms with Crippen LogP contribution in [0.25, 0.3) is 0 Å². The summed E-state index contributed by atoms with van der Waals surface area (Å²) >= 11 is 3.47. The maximum atomic E-state index is 12.7. The van der Waals surface area contributed by atoms with E-state index < -0.39 is 0 Å². The number of carbonyl (C=O) groups excluding carboxylic acids is 1. The van der Waals surface area contributed by atoms with Crippen LogP contribution in [0.15, 0.2) is 34.8 Å². The summed E-state index contributed by atoms with van der Waals surface area (Å²) in [6, 6.07) is 9.88. The van der Waals surface area contributed by atoms with Crippen LogP contribution in [-0.2, 0) is 4.79 Å². The Morgan fingerprint density at radius 1 is 1.36 bits per heavy atom. The van der Waals surface area contributed by atoms with Crippen LogP contribution < -0.4 is 5.32 Å². The molecule has 3 rings (SSSR count). The highest BCUT2D eigenvalue weighted by atomic mass is 79.9. The number of hydrogen-bond donors (Lipinski definition) is 2. The topological polar surface area (TPSA) is 57.8 Å². The van der Waals surface area contributed by atoms with Gasteiger partial charge < -0.3 is 5.32 Å². The van der Waals surface area contributed by atoms with E-state index in [1.54, 1.807) is 0 Å². The van der Waals surface area contributed by atoms with Gasteiger partial charge in [-0.15, -0.1) is 0 Å². The van der Waals surface area contributed by atoms with Crippen molar-refractivity contribution in [1.29, 1.82) is 0 Å². The zero-order valence-corrected chi connectivity index (χ0v) is 14.4. The van der Waals surface area contributed by atoms with Crippen LogP contribution in [0.3, 0.4) is 0 Å². The number of hydrogen-bond acceptors (Lipinski definition) is 2. The molecule has 1 heterocycles. The van der Waals surface area contributed by atoms with Gasteiger partial charge in [0, 0.05) is 22.2 Å². The first-order valence-electron chi connectivity index (χ1n) is 7.66. The first-order chi connectivity index (χ1) is 10.5. The third-order valence-electron chi connectivity index (χ3n) is 4.02. The summed E-state index contributed by atoms with van der Waals surface area (Å²) in [6.07, 6.45) is 2.42. The van der Waals surface area contributed by atoms with Gasteiger partial charge in [0.25, 0.3) is 0 Å². The van der Waals surface area contributed by atoms with Crippen LogP contribution in [0, 0.1) is 5.92 Å². The second kappa shape index (κ2) is 6.24. The Balaban J connectivity index is 1.77. The number of benzene rings is 1. The first-order valence-corrected chi connectivity index (χ1v) is 8.45. The van der Waals surface area contributed by atoms with E-state index in [0.717, 1.165) is 15.7 Å². The van der Waals surface area contributed by atoms with Gasteiger partial charge in [0.1, 0.15) is 0 Å². The molecule has 4 nitrogen and oxygen atoms in total. The van der Waals surface area contributed by atoms with Crippen molar-refractivity contribution in [3.05, 3.63) is 46.1 Å². The first kappa shape index (κ1) is 15.3. The zero-order chi connectivity index (χ0) is 15.7. The van der Waals surface area contributed by atoms with E-state index in [4.69, 9.17) is 0 Å². The largest absolute Gasteiger partial charge is 0.309 e. The molecule has 22 heavy (non-hydrogen) atoms. The Hall–Kier alpha value is -1.62. The Kier molecular flexibility index (Phi) is 4.34. The molecule has 1 saturated carbocycles. The van der Waals surface area contributed by atoms with E-state index in [1.165, 1.54) is 12.8 Å². The van der Waals surface area contributed by atoms with Crippen LogP contribution >= 0.6 is 15.9 Å². The average molecular weight is 362 g/mol. The minimum Gasteiger partial charge on any atom is -0.309 e. The Morgan fingerprint density at radius 2 is 2.14 bits per heavy atom. The predicted molar refractivity (Wildman–Crippen MR) is 90.9 cm³/mol. The smallest absolute Gasteiger partial charge is 0.233 e. The lowest BCUT2D eigenvalue weighted by atomic mass is 9.87. The summed E-state index contributed by atoms with van der Waals surface area (Å²) in [5.41, 5.74) is 2.14. The SMILES string of the molecule is CC(C)[C@H](C(=O)Nc1cc(C2CC2)[nH]n1)c1cccc(Br)c1. The highest BCUT2D eigenvalue weighted by molar-refractivity contribution is 9.10. The van der Waals surface area contributed by atoms with Gasteiger partial charge in [-0.1, -0.05) is 41.9 Å². The van der Waals surface area contributed by atoms with Crippen LogP contribution in [0.5, 0.6) is 0 Å². The fourth-order valence-corrected chi connectivity index (χ4v) is 3.16. The summed E-state index contributed by atoms with van der Waals surface area (Å²) in [5.74, 6) is 1.22. The number of rotatable bonds is 5. The van der Waals surface area contributed by atoms with Gasteiger partial charge >= 0.3 is 0 Å². The van der Waals surface area contributed by atoms with Crippen LogP contribution in [0.4, 0.5) is 5.82 Å².